The minimum Gasteiger partial charge on any atom is -0.482 e. The number of hydrogen-bond donors (Lipinski definition) is 1. The number of nitrogens with one attached hydrogen (secondary N) is 1. The highest BCUT2D eigenvalue weighted by atomic mass is 35.5. The summed E-state index contributed by atoms with van der Waals surface area (Å²) in [4.78, 5) is 0. The zero-order valence-electron chi connectivity index (χ0n) is 11.4. The number of hydrogen-bond acceptors (Lipinski definition) is 3. The van der Waals surface area contributed by atoms with E-state index in [1.54, 1.807) is 12.1 Å². The van der Waals surface area contributed by atoms with E-state index >= 15 is 0 Å². The number of benzene rings is 1. The first kappa shape index (κ1) is 14.8. The van der Waals surface area contributed by atoms with Gasteiger partial charge in [-0.05, 0) is 49.8 Å². The Labute approximate surface area is 128 Å². The highest BCUT2D eigenvalue weighted by Gasteiger charge is 2.16. The SMILES string of the molecule is C=CCn1c([C@@H](C)Oc2ccc(Cl)cc2C)n[nH]c1=S. The van der Waals surface area contributed by atoms with E-state index in [-0.39, 0.29) is 6.10 Å². The third-order valence-corrected chi connectivity index (χ3v) is 3.45. The lowest BCUT2D eigenvalue weighted by Crippen LogP contribution is -2.12. The van der Waals surface area contributed by atoms with Crippen LogP contribution < -0.4 is 4.74 Å². The fourth-order valence-electron chi connectivity index (χ4n) is 1.93. The molecule has 0 radical (unpaired) electrons. The Hall–Kier alpha value is -1.59. The molecule has 1 N–H and O–H groups in total. The molecule has 0 aliphatic heterocycles. The summed E-state index contributed by atoms with van der Waals surface area (Å²) in [6.45, 7) is 8.20. The third kappa shape index (κ3) is 3.11. The summed E-state index contributed by atoms with van der Waals surface area (Å²) >= 11 is 11.1. The number of halogens is 1. The third-order valence-electron chi connectivity index (χ3n) is 2.90. The van der Waals surface area contributed by atoms with Gasteiger partial charge in [0.2, 0.25) is 0 Å². The smallest absolute Gasteiger partial charge is 0.195 e. The van der Waals surface area contributed by atoms with Gasteiger partial charge in [0.25, 0.3) is 0 Å². The van der Waals surface area contributed by atoms with Crippen molar-refractivity contribution in [2.75, 3.05) is 0 Å². The van der Waals surface area contributed by atoms with Crippen LogP contribution >= 0.6 is 23.8 Å². The van der Waals surface area contributed by atoms with Crippen molar-refractivity contribution in [1.29, 1.82) is 0 Å². The molecule has 2 rings (SSSR count). The second-order valence-corrected chi connectivity index (χ2v) is 5.28. The molecular weight excluding hydrogens is 294 g/mol. The molecule has 2 aromatic rings. The molecule has 0 bridgehead atoms. The highest BCUT2D eigenvalue weighted by molar-refractivity contribution is 7.71. The van der Waals surface area contributed by atoms with Crippen molar-refractivity contribution in [3.63, 3.8) is 0 Å². The van der Waals surface area contributed by atoms with E-state index < -0.39 is 0 Å². The number of allylic oxidation sites excluding steroid dienone is 1. The minimum atomic E-state index is -0.234. The Kier molecular flexibility index (Phi) is 4.62. The second kappa shape index (κ2) is 6.24. The number of aryl methyl sites for hydroxylation is 1. The Morgan fingerprint density at radius 2 is 2.35 bits per heavy atom. The van der Waals surface area contributed by atoms with Crippen LogP contribution in [0.3, 0.4) is 0 Å². The maximum atomic E-state index is 5.94. The summed E-state index contributed by atoms with van der Waals surface area (Å²) in [5.41, 5.74) is 0.980. The lowest BCUT2D eigenvalue weighted by Gasteiger charge is -2.16. The van der Waals surface area contributed by atoms with E-state index in [2.05, 4.69) is 16.8 Å². The fraction of sp³-hybridized carbons (Fsp3) is 0.286. The molecule has 0 amide bonds. The second-order valence-electron chi connectivity index (χ2n) is 4.46. The molecule has 1 atom stereocenters. The zero-order chi connectivity index (χ0) is 14.7. The number of aromatic amines is 1. The molecule has 106 valence electrons. The van der Waals surface area contributed by atoms with Gasteiger partial charge in [0.15, 0.2) is 16.7 Å². The van der Waals surface area contributed by atoms with Crippen LogP contribution in [0.4, 0.5) is 0 Å². The molecule has 20 heavy (non-hydrogen) atoms. The first-order valence-electron chi connectivity index (χ1n) is 6.21. The van der Waals surface area contributed by atoms with Gasteiger partial charge >= 0.3 is 0 Å². The molecule has 0 saturated carbocycles. The van der Waals surface area contributed by atoms with Crippen LogP contribution in [0.2, 0.25) is 5.02 Å². The molecule has 1 aromatic heterocycles. The van der Waals surface area contributed by atoms with Crippen LogP contribution in [0.5, 0.6) is 5.75 Å². The zero-order valence-corrected chi connectivity index (χ0v) is 13.0. The van der Waals surface area contributed by atoms with Crippen LogP contribution in [0.1, 0.15) is 24.4 Å². The first-order chi connectivity index (χ1) is 9.52. The van der Waals surface area contributed by atoms with Gasteiger partial charge in [-0.25, -0.2) is 0 Å². The van der Waals surface area contributed by atoms with Crippen LogP contribution in [0.15, 0.2) is 30.9 Å². The fourth-order valence-corrected chi connectivity index (χ4v) is 2.37. The standard InChI is InChI=1S/C14H16ClN3OS/c1-4-7-18-13(16-17-14(18)20)10(3)19-12-6-5-11(15)8-9(12)2/h4-6,8,10H,1,7H2,2-3H3,(H,17,20)/t10-/m1/s1. The summed E-state index contributed by atoms with van der Waals surface area (Å²) in [5.74, 6) is 1.52. The molecule has 0 spiro atoms. The van der Waals surface area contributed by atoms with Crippen molar-refractivity contribution in [2.24, 2.45) is 0 Å². The Morgan fingerprint density at radius 1 is 1.60 bits per heavy atom. The normalized spacial score (nSPS) is 12.2. The van der Waals surface area contributed by atoms with E-state index in [4.69, 9.17) is 28.6 Å². The molecular formula is C14H16ClN3OS. The number of ether oxygens (including phenoxy) is 1. The molecule has 0 saturated heterocycles. The minimum absolute atomic E-state index is 0.234. The van der Waals surface area contributed by atoms with Crippen LogP contribution in [-0.4, -0.2) is 14.8 Å². The molecule has 6 heteroatoms. The Balaban J connectivity index is 2.26. The average molecular weight is 310 g/mol. The predicted octanol–water partition coefficient (Wildman–Crippen LogP) is 4.23. The number of nitrogens with zero attached hydrogens (tertiary/aromatic N) is 2. The molecule has 0 fully saturated rings. The van der Waals surface area contributed by atoms with Crippen molar-refractivity contribution in [1.82, 2.24) is 14.8 Å². The van der Waals surface area contributed by atoms with Crippen LogP contribution in [0.25, 0.3) is 0 Å². The quantitative estimate of drug-likeness (QED) is 0.664. The molecule has 0 aliphatic carbocycles. The summed E-state index contributed by atoms with van der Waals surface area (Å²) in [6.07, 6.45) is 1.54. The summed E-state index contributed by atoms with van der Waals surface area (Å²) in [5, 5.41) is 7.70. The van der Waals surface area contributed by atoms with Gasteiger partial charge in [0.1, 0.15) is 5.75 Å². The van der Waals surface area contributed by atoms with Gasteiger partial charge in [0.05, 0.1) is 0 Å². The number of H-pyrrole nitrogens is 1. The van der Waals surface area contributed by atoms with E-state index in [0.717, 1.165) is 17.1 Å². The van der Waals surface area contributed by atoms with Crippen molar-refractivity contribution < 1.29 is 4.74 Å². The Bertz CT molecular complexity index is 677. The van der Waals surface area contributed by atoms with Crippen LogP contribution in [-0.2, 0) is 6.54 Å². The summed E-state index contributed by atoms with van der Waals surface area (Å²) in [6, 6.07) is 5.52. The van der Waals surface area contributed by atoms with Gasteiger partial charge in [-0.1, -0.05) is 17.7 Å². The van der Waals surface area contributed by atoms with Crippen molar-refractivity contribution in [3.05, 3.63) is 52.0 Å². The van der Waals surface area contributed by atoms with Crippen molar-refractivity contribution in [3.8, 4) is 5.75 Å². The van der Waals surface area contributed by atoms with Gasteiger partial charge in [-0.3, -0.25) is 9.67 Å². The van der Waals surface area contributed by atoms with E-state index in [9.17, 15) is 0 Å². The molecule has 0 aliphatic rings. The van der Waals surface area contributed by atoms with E-state index in [1.165, 1.54) is 0 Å². The highest BCUT2D eigenvalue weighted by Crippen LogP contribution is 2.26. The van der Waals surface area contributed by atoms with Gasteiger partial charge in [0, 0.05) is 11.6 Å². The lowest BCUT2D eigenvalue weighted by atomic mass is 10.2. The first-order valence-corrected chi connectivity index (χ1v) is 7.00. The van der Waals surface area contributed by atoms with Gasteiger partial charge in [-0.2, -0.15) is 5.10 Å². The largest absolute Gasteiger partial charge is 0.482 e. The lowest BCUT2D eigenvalue weighted by molar-refractivity contribution is 0.210. The van der Waals surface area contributed by atoms with Gasteiger partial charge < -0.3 is 4.74 Å². The number of aromatic nitrogens is 3. The van der Waals surface area contributed by atoms with Crippen molar-refractivity contribution in [2.45, 2.75) is 26.5 Å². The van der Waals surface area contributed by atoms with E-state index in [0.29, 0.717) is 16.3 Å². The molecule has 0 unspecified atom stereocenters. The van der Waals surface area contributed by atoms with Crippen molar-refractivity contribution >= 4 is 23.8 Å². The topological polar surface area (TPSA) is 42.8 Å². The summed E-state index contributed by atoms with van der Waals surface area (Å²) in [7, 11) is 0. The van der Waals surface area contributed by atoms with E-state index in [1.807, 2.05) is 30.5 Å². The maximum absolute atomic E-state index is 5.94. The monoisotopic (exact) mass is 309 g/mol. The Morgan fingerprint density at radius 3 is 3.00 bits per heavy atom. The van der Waals surface area contributed by atoms with Crippen LogP contribution in [0, 0.1) is 11.7 Å². The maximum Gasteiger partial charge on any atom is 0.195 e. The molecule has 1 aromatic carbocycles. The molecule has 4 nitrogen and oxygen atoms in total. The predicted molar refractivity (Wildman–Crippen MR) is 82.8 cm³/mol. The van der Waals surface area contributed by atoms with Gasteiger partial charge in [-0.15, -0.1) is 6.58 Å². The number of rotatable bonds is 5. The average Bonchev–Trinajstić information content (AvgIpc) is 2.75. The molecule has 1 heterocycles. The summed E-state index contributed by atoms with van der Waals surface area (Å²) < 4.78 is 8.36.